The van der Waals surface area contributed by atoms with Crippen LogP contribution >= 0.6 is 0 Å². The molecule has 4 bridgehead atoms. The fourth-order valence-electron chi connectivity index (χ4n) is 10.6. The summed E-state index contributed by atoms with van der Waals surface area (Å²) in [6.07, 6.45) is 8.27. The van der Waals surface area contributed by atoms with Gasteiger partial charge in [-0.05, 0) is 107 Å². The highest BCUT2D eigenvalue weighted by molar-refractivity contribution is 7.13. The van der Waals surface area contributed by atoms with Crippen molar-refractivity contribution in [2.75, 3.05) is 0 Å². The molecule has 4 aromatic rings. The zero-order valence-electron chi connectivity index (χ0n) is 27.7. The lowest BCUT2D eigenvalue weighted by molar-refractivity contribution is -0.00587. The maximum absolute atomic E-state index is 7.15. The molecule has 5 aliphatic rings. The van der Waals surface area contributed by atoms with Crippen LogP contribution in [0, 0.1) is 17.8 Å². The second kappa shape index (κ2) is 10.7. The van der Waals surface area contributed by atoms with Crippen molar-refractivity contribution in [2.45, 2.75) is 89.7 Å². The molecule has 0 saturated heterocycles. The standard InChI is InChI=1S/C41H47BO2Si/c1-28(2)43-42-38-19-13-12-18-35(38)36-23-34(24-37(39(36)44-42)41-25-29-20-30(26-41)22-31(21-29)27-41)45(40(3,4)5,32-14-8-6-9-15-32)33-16-10-7-11-17-33/h6-19,23-24,28-31H,20-22,25-27H2,1-5H3. The molecule has 4 heteroatoms. The predicted octanol–water partition coefficient (Wildman–Crippen LogP) is 7.60. The summed E-state index contributed by atoms with van der Waals surface area (Å²) in [4.78, 5) is 0. The van der Waals surface area contributed by atoms with E-state index in [0.717, 1.165) is 29.0 Å². The van der Waals surface area contributed by atoms with Gasteiger partial charge < -0.3 is 9.31 Å². The van der Waals surface area contributed by atoms with E-state index in [2.05, 4.69) is 132 Å². The molecule has 0 N–H and O–H groups in total. The summed E-state index contributed by atoms with van der Waals surface area (Å²) < 4.78 is 13.7. The Morgan fingerprint density at radius 1 is 0.711 bits per heavy atom. The molecule has 9 rings (SSSR count). The Balaban J connectivity index is 1.46. The number of fused-ring (bicyclic) bond motifs is 3. The van der Waals surface area contributed by atoms with Gasteiger partial charge in [0.15, 0.2) is 8.07 Å². The number of hydrogen-bond donors (Lipinski definition) is 0. The van der Waals surface area contributed by atoms with Crippen LogP contribution in [0.5, 0.6) is 5.75 Å². The van der Waals surface area contributed by atoms with Crippen LogP contribution in [-0.2, 0) is 10.1 Å². The Kier molecular flexibility index (Phi) is 7.00. The van der Waals surface area contributed by atoms with Crippen LogP contribution in [0.25, 0.3) is 11.1 Å². The first-order chi connectivity index (χ1) is 21.7. The third kappa shape index (κ3) is 4.61. The van der Waals surface area contributed by atoms with Gasteiger partial charge in [-0.2, -0.15) is 0 Å². The normalized spacial score (nSPS) is 25.2. The highest BCUT2D eigenvalue weighted by Crippen LogP contribution is 2.62. The van der Waals surface area contributed by atoms with Gasteiger partial charge in [0.1, 0.15) is 5.75 Å². The molecule has 4 fully saturated rings. The van der Waals surface area contributed by atoms with E-state index in [-0.39, 0.29) is 23.7 Å². The van der Waals surface area contributed by atoms with Gasteiger partial charge in [-0.1, -0.05) is 118 Å². The van der Waals surface area contributed by atoms with Crippen LogP contribution in [0.4, 0.5) is 0 Å². The SMILES string of the molecule is CC(C)OB1Oc2c(cc([Si](c3ccccc3)(c3ccccc3)C(C)(C)C)cc2C23CC4CC(CC(C4)C2)C3)-c2ccccc21. The molecular formula is C41H47BO2Si. The van der Waals surface area contributed by atoms with Crippen LogP contribution in [-0.4, -0.2) is 21.3 Å². The minimum absolute atomic E-state index is 0.0149. The van der Waals surface area contributed by atoms with Gasteiger partial charge in [-0.15, -0.1) is 0 Å². The average molecular weight is 611 g/mol. The van der Waals surface area contributed by atoms with Crippen LogP contribution in [0.15, 0.2) is 97.1 Å². The molecule has 0 atom stereocenters. The summed E-state index contributed by atoms with van der Waals surface area (Å²) in [5, 5.41) is 4.48. The maximum atomic E-state index is 7.15. The zero-order chi connectivity index (χ0) is 31.0. The lowest BCUT2D eigenvalue weighted by atomic mass is 9.47. The van der Waals surface area contributed by atoms with Crippen molar-refractivity contribution >= 4 is 36.2 Å². The summed E-state index contributed by atoms with van der Waals surface area (Å²) in [7, 11) is -2.97. The van der Waals surface area contributed by atoms with Gasteiger partial charge in [0.2, 0.25) is 0 Å². The summed E-state index contributed by atoms with van der Waals surface area (Å²) in [6, 6.07) is 37.1. The Morgan fingerprint density at radius 2 is 1.24 bits per heavy atom. The molecular weight excluding hydrogens is 563 g/mol. The molecule has 2 nitrogen and oxygen atoms in total. The third-order valence-electron chi connectivity index (χ3n) is 11.8. The monoisotopic (exact) mass is 610 g/mol. The fraction of sp³-hybridized carbons (Fsp3) is 0.415. The lowest BCUT2D eigenvalue weighted by Gasteiger charge is -2.58. The van der Waals surface area contributed by atoms with E-state index in [1.165, 1.54) is 70.8 Å². The van der Waals surface area contributed by atoms with E-state index in [1.54, 1.807) is 0 Å². The van der Waals surface area contributed by atoms with Crippen LogP contribution in [0.2, 0.25) is 5.04 Å². The minimum atomic E-state index is -2.58. The summed E-state index contributed by atoms with van der Waals surface area (Å²) in [6.45, 7) is 11.7. The summed E-state index contributed by atoms with van der Waals surface area (Å²) in [5.74, 6) is 3.65. The second-order valence-corrected chi connectivity index (χ2v) is 20.8. The van der Waals surface area contributed by atoms with Crippen LogP contribution < -0.4 is 25.7 Å². The number of benzene rings is 4. The van der Waals surface area contributed by atoms with Crippen molar-refractivity contribution in [3.63, 3.8) is 0 Å². The van der Waals surface area contributed by atoms with Crippen LogP contribution in [0.3, 0.4) is 0 Å². The van der Waals surface area contributed by atoms with Crippen molar-refractivity contribution in [2.24, 2.45) is 17.8 Å². The molecule has 1 aliphatic heterocycles. The Hall–Kier alpha value is -3.08. The fourth-order valence-corrected chi connectivity index (χ4v) is 16.4. The average Bonchev–Trinajstić information content (AvgIpc) is 3.01. The van der Waals surface area contributed by atoms with Gasteiger partial charge in [0, 0.05) is 17.1 Å². The first kappa shape index (κ1) is 29.3. The summed E-state index contributed by atoms with van der Waals surface area (Å²) >= 11 is 0. The van der Waals surface area contributed by atoms with E-state index in [1.807, 2.05) is 0 Å². The molecule has 4 saturated carbocycles. The number of hydrogen-bond acceptors (Lipinski definition) is 2. The molecule has 0 spiro atoms. The highest BCUT2D eigenvalue weighted by atomic mass is 28.3. The smallest absolute Gasteiger partial charge is 0.532 e. The molecule has 4 aromatic carbocycles. The second-order valence-electron chi connectivity index (χ2n) is 16.1. The van der Waals surface area contributed by atoms with Gasteiger partial charge >= 0.3 is 7.12 Å². The molecule has 0 radical (unpaired) electrons. The lowest BCUT2D eigenvalue weighted by Crippen LogP contribution is -2.72. The first-order valence-electron chi connectivity index (χ1n) is 17.4. The predicted molar refractivity (Wildman–Crippen MR) is 191 cm³/mol. The topological polar surface area (TPSA) is 18.5 Å². The van der Waals surface area contributed by atoms with Gasteiger partial charge in [-0.3, -0.25) is 0 Å². The van der Waals surface area contributed by atoms with Gasteiger partial charge in [0.05, 0.1) is 0 Å². The van der Waals surface area contributed by atoms with Crippen molar-refractivity contribution in [3.05, 3.63) is 103 Å². The Labute approximate surface area is 271 Å². The van der Waals surface area contributed by atoms with Crippen molar-refractivity contribution in [1.29, 1.82) is 0 Å². The molecule has 4 aliphatic carbocycles. The summed E-state index contributed by atoms with van der Waals surface area (Å²) in [5.41, 5.74) is 5.35. The van der Waals surface area contributed by atoms with E-state index in [9.17, 15) is 0 Å². The van der Waals surface area contributed by atoms with E-state index in [0.29, 0.717) is 0 Å². The third-order valence-corrected chi connectivity index (χ3v) is 17.6. The van der Waals surface area contributed by atoms with E-state index < -0.39 is 8.07 Å². The van der Waals surface area contributed by atoms with Crippen LogP contribution in [0.1, 0.15) is 78.7 Å². The maximum Gasteiger partial charge on any atom is 0.563 e. The first-order valence-corrected chi connectivity index (χ1v) is 19.4. The molecule has 230 valence electrons. The number of rotatable bonds is 6. The van der Waals surface area contributed by atoms with Crippen molar-refractivity contribution in [1.82, 2.24) is 0 Å². The largest absolute Gasteiger partial charge is 0.563 e. The molecule has 0 unspecified atom stereocenters. The van der Waals surface area contributed by atoms with Gasteiger partial charge in [0.25, 0.3) is 0 Å². The molecule has 1 heterocycles. The van der Waals surface area contributed by atoms with Crippen molar-refractivity contribution in [3.8, 4) is 16.9 Å². The van der Waals surface area contributed by atoms with E-state index >= 15 is 0 Å². The minimum Gasteiger partial charge on any atom is -0.532 e. The van der Waals surface area contributed by atoms with E-state index in [4.69, 9.17) is 9.31 Å². The molecule has 0 aromatic heterocycles. The Bertz CT molecular complexity index is 1630. The molecule has 45 heavy (non-hydrogen) atoms. The van der Waals surface area contributed by atoms with Crippen molar-refractivity contribution < 1.29 is 9.31 Å². The van der Waals surface area contributed by atoms with Gasteiger partial charge in [-0.25, -0.2) is 0 Å². The molecule has 0 amide bonds. The Morgan fingerprint density at radius 3 is 1.78 bits per heavy atom. The quantitative estimate of drug-likeness (QED) is 0.165. The zero-order valence-corrected chi connectivity index (χ0v) is 28.7. The highest BCUT2D eigenvalue weighted by Gasteiger charge is 2.55.